The smallest absolute Gasteiger partial charge is 0.370 e. The van der Waals surface area contributed by atoms with Crippen LogP contribution in [0.5, 0.6) is 5.75 Å². The molecule has 6 N–H and O–H groups in total. The third-order valence-corrected chi connectivity index (χ3v) is 22.3. The third kappa shape index (κ3) is 41.3. The Hall–Kier alpha value is -6.70. The standard InChI is InChI=1S/C14H10.C11H12F2O6S.C10H8.2C6H10F2O6S.6C6H12O/c1-2-6-12-10-14-8-4-3-7-13(14)9-11(12)5-1;1-8(11(12,13)20(15,16)17)19-10(14)7-18-9-5-3-2-4-6-9;1-2-6-10-8-4-3-7-9(10)5-1;2*1-4(14-5(9)3-13-2)6(7,8)15(10,11)12;6*1-6(7)4-2-3-5-6/h1-10H;2-6,8H,7H2,1H3,(H,15,16,17);1-8H;2*4H,3H2,1-2H3,(H,10,11,12);6*7H,2-5H2,1H3/p-3. The number of methoxy groups -OCH3 is 2. The van der Waals surface area contributed by atoms with E-state index in [0.29, 0.717) is 26.5 Å². The molecule has 6 aromatic rings. The van der Waals surface area contributed by atoms with Crippen LogP contribution in [0.1, 0.15) is 216 Å². The number of para-hydroxylation sites is 1. The maximum absolute atomic E-state index is 13.0. The number of ether oxygens (including phenoxy) is 6. The molecule has 0 amide bonds. The van der Waals surface area contributed by atoms with Crippen LogP contribution in [-0.2, 0) is 68.4 Å². The summed E-state index contributed by atoms with van der Waals surface area (Å²) < 4.78 is 194. The maximum atomic E-state index is 13.0. The van der Waals surface area contributed by atoms with Crippen molar-refractivity contribution in [3.63, 3.8) is 0 Å². The second-order valence-electron chi connectivity index (χ2n) is 31.0. The summed E-state index contributed by atoms with van der Waals surface area (Å²) in [6.07, 6.45) is 19.5. The molecule has 6 aliphatic carbocycles. The van der Waals surface area contributed by atoms with E-state index in [9.17, 15) is 110 Å². The van der Waals surface area contributed by atoms with Gasteiger partial charge in [-0.1, -0.05) is 192 Å². The van der Waals surface area contributed by atoms with Gasteiger partial charge in [0.1, 0.15) is 19.0 Å². The fourth-order valence-electron chi connectivity index (χ4n) is 12.2. The quantitative estimate of drug-likeness (QED) is 0.0172. The van der Waals surface area contributed by atoms with Gasteiger partial charge in [0.25, 0.3) is 0 Å². The lowest BCUT2D eigenvalue weighted by molar-refractivity contribution is -0.164. The van der Waals surface area contributed by atoms with E-state index in [0.717, 1.165) is 91.3 Å². The van der Waals surface area contributed by atoms with Crippen LogP contribution in [0.2, 0.25) is 0 Å². The monoisotopic (exact) mass is 1710 g/mol. The van der Waals surface area contributed by atoms with Crippen molar-refractivity contribution in [1.29, 1.82) is 0 Å². The number of rotatable bonds is 16. The van der Waals surface area contributed by atoms with Gasteiger partial charge in [0, 0.05) is 14.2 Å². The fourth-order valence-corrected chi connectivity index (χ4v) is 13.6. The molecule has 0 radical (unpaired) electrons. The van der Waals surface area contributed by atoms with Crippen LogP contribution < -0.4 is 4.74 Å². The average Bonchev–Trinajstić information content (AvgIpc) is 1.22. The van der Waals surface area contributed by atoms with E-state index in [-0.39, 0.29) is 33.6 Å². The van der Waals surface area contributed by atoms with Crippen LogP contribution >= 0.6 is 0 Å². The highest BCUT2D eigenvalue weighted by Crippen LogP contribution is 2.34. The van der Waals surface area contributed by atoms with Crippen molar-refractivity contribution in [3.8, 4) is 5.75 Å². The highest BCUT2D eigenvalue weighted by Gasteiger charge is 2.49. The Balaban J connectivity index is 0.000000441. The van der Waals surface area contributed by atoms with Crippen LogP contribution in [0.3, 0.4) is 0 Å². The van der Waals surface area contributed by atoms with Gasteiger partial charge in [-0.05, 0) is 196 Å². The third-order valence-electron chi connectivity index (χ3n) is 19.3. The van der Waals surface area contributed by atoms with Gasteiger partial charge in [0.2, 0.25) is 0 Å². The maximum Gasteiger partial charge on any atom is 0.370 e. The summed E-state index contributed by atoms with van der Waals surface area (Å²) in [5.74, 6) is -3.29. The van der Waals surface area contributed by atoms with Gasteiger partial charge < -0.3 is 72.7 Å². The molecule has 0 heterocycles. The molecule has 0 aliphatic heterocycles. The van der Waals surface area contributed by atoms with Crippen LogP contribution in [0, 0.1) is 0 Å². The number of carbonyl (C=O) groups is 3. The molecule has 658 valence electrons. The number of esters is 3. The highest BCUT2D eigenvalue weighted by molar-refractivity contribution is 7.87. The molecular weight excluding hydrogens is 1590 g/mol. The lowest BCUT2D eigenvalue weighted by atomic mass is 10.0. The minimum absolute atomic E-state index is 0.306. The van der Waals surface area contributed by atoms with Crippen molar-refractivity contribution in [3.05, 3.63) is 140 Å². The number of alkyl halides is 6. The highest BCUT2D eigenvalue weighted by atomic mass is 32.2. The summed E-state index contributed by atoms with van der Waals surface area (Å²) >= 11 is 0. The first kappa shape index (κ1) is 105. The zero-order valence-electron chi connectivity index (χ0n) is 68.1. The van der Waals surface area contributed by atoms with Crippen LogP contribution in [-0.4, -0.2) is 189 Å². The number of carbonyl (C=O) groups excluding carboxylic acids is 3. The van der Waals surface area contributed by atoms with Crippen LogP contribution in [0.15, 0.2) is 140 Å². The Morgan fingerprint density at radius 2 is 0.509 bits per heavy atom. The largest absolute Gasteiger partial charge is 0.743 e. The molecule has 6 aliphatic rings. The lowest BCUT2D eigenvalue weighted by Gasteiger charge is -2.25. The molecule has 33 heteroatoms. The minimum Gasteiger partial charge on any atom is -0.743 e. The molecule has 3 atom stereocenters. The number of benzene rings is 6. The molecule has 3 unspecified atom stereocenters. The summed E-state index contributed by atoms with van der Waals surface area (Å²) in [7, 11) is -15.4. The minimum atomic E-state index is -5.92. The van der Waals surface area contributed by atoms with Crippen molar-refractivity contribution in [1.82, 2.24) is 0 Å². The Bertz CT molecular complexity index is 3800. The molecular formula is C83H119F6O24S3-3. The predicted molar refractivity (Wildman–Crippen MR) is 426 cm³/mol. The van der Waals surface area contributed by atoms with Gasteiger partial charge in [0.15, 0.2) is 55.3 Å². The zero-order valence-corrected chi connectivity index (χ0v) is 70.6. The summed E-state index contributed by atoms with van der Waals surface area (Å²) in [5, 5.41) is 49.0. The normalized spacial score (nSPS) is 18.6. The van der Waals surface area contributed by atoms with Crippen molar-refractivity contribution >= 4 is 80.6 Å². The second kappa shape index (κ2) is 48.5. The topological polar surface area (TPSA) is 400 Å². The van der Waals surface area contributed by atoms with E-state index in [1.807, 2.05) is 41.5 Å². The summed E-state index contributed by atoms with van der Waals surface area (Å²) in [6, 6.07) is 46.1. The molecule has 12 rings (SSSR count). The molecule has 0 spiro atoms. The number of aliphatic hydroxyl groups is 6. The average molecular weight is 1710 g/mol. The molecule has 24 nitrogen and oxygen atoms in total. The van der Waals surface area contributed by atoms with Crippen LogP contribution in [0.25, 0.3) is 32.3 Å². The lowest BCUT2D eigenvalue weighted by Crippen LogP contribution is -2.42. The molecule has 6 aromatic carbocycles. The van der Waals surface area contributed by atoms with Crippen LogP contribution in [0.4, 0.5) is 26.3 Å². The van der Waals surface area contributed by atoms with E-state index >= 15 is 0 Å². The Morgan fingerprint density at radius 3 is 0.672 bits per heavy atom. The number of halogens is 6. The molecule has 0 saturated heterocycles. The van der Waals surface area contributed by atoms with Gasteiger partial charge in [-0.2, -0.15) is 26.3 Å². The van der Waals surface area contributed by atoms with Gasteiger partial charge in [-0.15, -0.1) is 0 Å². The summed E-state index contributed by atoms with van der Waals surface area (Å²) in [6.45, 7) is 11.4. The zero-order chi connectivity index (χ0) is 88.1. The van der Waals surface area contributed by atoms with Crippen molar-refractivity contribution in [2.24, 2.45) is 0 Å². The predicted octanol–water partition coefficient (Wildman–Crippen LogP) is 15.2. The van der Waals surface area contributed by atoms with E-state index in [4.69, 9.17) is 4.74 Å². The van der Waals surface area contributed by atoms with E-state index in [2.05, 4.69) is 133 Å². The molecule has 0 aromatic heterocycles. The van der Waals surface area contributed by atoms with E-state index in [1.54, 1.807) is 18.2 Å². The molecule has 6 saturated carbocycles. The van der Waals surface area contributed by atoms with Crippen molar-refractivity contribution in [2.45, 2.75) is 284 Å². The van der Waals surface area contributed by atoms with Gasteiger partial charge in [0.05, 0.1) is 33.6 Å². The molecule has 0 bridgehead atoms. The Kier molecular flexibility index (Phi) is 44.1. The molecule has 116 heavy (non-hydrogen) atoms. The first-order valence-corrected chi connectivity index (χ1v) is 42.7. The Morgan fingerprint density at radius 1 is 0.336 bits per heavy atom. The van der Waals surface area contributed by atoms with Gasteiger partial charge in [-0.3, -0.25) is 0 Å². The SMILES string of the molecule is CC(OC(=O)COc1ccccc1)C(F)(F)S(=O)(=O)[O-].CC1(O)CCCC1.CC1(O)CCCC1.CC1(O)CCCC1.CC1(O)CCCC1.CC1(O)CCCC1.CC1(O)CCCC1.COCC(=O)OC(C)C(F)(F)S(=O)(=O)[O-].COCC(=O)OC(C)C(F)(F)S(=O)(=O)[O-].c1ccc2cc3ccccc3cc2c1.c1ccc2ccccc2c1. The van der Waals surface area contributed by atoms with Crippen molar-refractivity contribution < 1.29 is 139 Å². The number of fused-ring (bicyclic) bond motifs is 3. The second-order valence-corrected chi connectivity index (χ2v) is 35.4. The van der Waals surface area contributed by atoms with Gasteiger partial charge >= 0.3 is 33.7 Å². The first-order valence-electron chi connectivity index (χ1n) is 38.4. The number of hydrogen-bond acceptors (Lipinski definition) is 24. The summed E-state index contributed by atoms with van der Waals surface area (Å²) in [5.41, 5.74) is -1.83. The van der Waals surface area contributed by atoms with Crippen molar-refractivity contribution in [2.75, 3.05) is 34.0 Å². The van der Waals surface area contributed by atoms with E-state index in [1.165, 1.54) is 121 Å². The van der Waals surface area contributed by atoms with Gasteiger partial charge in [-0.25, -0.2) is 39.6 Å². The first-order chi connectivity index (χ1) is 53.5. The van der Waals surface area contributed by atoms with E-state index < -0.39 is 102 Å². The summed E-state index contributed by atoms with van der Waals surface area (Å²) in [4.78, 5) is 32.5. The number of hydrogen-bond donors (Lipinski definition) is 6. The molecule has 6 fully saturated rings. The fraction of sp³-hybridized carbons (Fsp3) is 0.602. The Labute approximate surface area is 679 Å².